The molecule has 0 saturated heterocycles. The van der Waals surface area contributed by atoms with Gasteiger partial charge >= 0.3 is 19.8 Å². The first-order valence-corrected chi connectivity index (χ1v) is 13.6. The molecule has 0 aliphatic carbocycles. The van der Waals surface area contributed by atoms with Crippen LogP contribution < -0.4 is 5.73 Å². The second-order valence-corrected chi connectivity index (χ2v) is 9.40. The van der Waals surface area contributed by atoms with E-state index in [9.17, 15) is 24.2 Å². The molecule has 11 heteroatoms. The van der Waals surface area contributed by atoms with E-state index < -0.39 is 51.7 Å². The quantitative estimate of drug-likeness (QED) is 0.0710. The van der Waals surface area contributed by atoms with Crippen molar-refractivity contribution in [1.29, 1.82) is 0 Å². The van der Waals surface area contributed by atoms with Crippen molar-refractivity contribution in [1.82, 2.24) is 0 Å². The predicted molar refractivity (Wildman–Crippen MR) is 134 cm³/mol. The molecule has 0 heterocycles. The van der Waals surface area contributed by atoms with Gasteiger partial charge in [-0.1, -0.05) is 62.6 Å². The minimum absolute atomic E-state index is 0.224. The van der Waals surface area contributed by atoms with Crippen LogP contribution in [-0.4, -0.2) is 59.0 Å². The zero-order valence-electron chi connectivity index (χ0n) is 20.6. The van der Waals surface area contributed by atoms with Crippen molar-refractivity contribution in [2.45, 2.75) is 83.3 Å². The maximum Gasteiger partial charge on any atom is 0.472 e. The number of nitrogens with two attached hydrogens (primary N) is 1. The third kappa shape index (κ3) is 22.4. The van der Waals surface area contributed by atoms with Gasteiger partial charge in [0.15, 0.2) is 0 Å². The predicted octanol–water partition coefficient (Wildman–Crippen LogP) is 4.03. The van der Waals surface area contributed by atoms with Gasteiger partial charge < -0.3 is 25.6 Å². The molecule has 0 spiro atoms. The second-order valence-electron chi connectivity index (χ2n) is 7.94. The van der Waals surface area contributed by atoms with Crippen LogP contribution in [0.1, 0.15) is 71.1 Å². The molecule has 0 aliphatic heterocycles. The Balaban J connectivity index is 3.69. The number of esters is 1. The van der Waals surface area contributed by atoms with E-state index in [1.807, 2.05) is 0 Å². The smallest absolute Gasteiger partial charge is 0.472 e. The maximum absolute atomic E-state index is 11.7. The Morgan fingerprint density at radius 1 is 0.886 bits per heavy atom. The van der Waals surface area contributed by atoms with Crippen LogP contribution in [0.3, 0.4) is 0 Å². The number of carboxylic acids is 1. The van der Waals surface area contributed by atoms with Gasteiger partial charge in [-0.2, -0.15) is 0 Å². The molecule has 35 heavy (non-hydrogen) atoms. The van der Waals surface area contributed by atoms with Gasteiger partial charge in [-0.3, -0.25) is 18.6 Å². The SMILES string of the molecule is CC/C=C\C/C=C\C/C=C\CCCCCCCC(=O)OCC(O)COP(=O)(O)OCC(N)C(=O)O. The molecule has 3 unspecified atom stereocenters. The van der Waals surface area contributed by atoms with Crippen molar-refractivity contribution in [2.75, 3.05) is 19.8 Å². The lowest BCUT2D eigenvalue weighted by Crippen LogP contribution is -2.34. The molecule has 10 nitrogen and oxygen atoms in total. The summed E-state index contributed by atoms with van der Waals surface area (Å²) in [4.78, 5) is 31.7. The van der Waals surface area contributed by atoms with Crippen LogP contribution in [-0.2, 0) is 27.9 Å². The summed E-state index contributed by atoms with van der Waals surface area (Å²) in [6.07, 6.45) is 20.8. The normalized spacial score (nSPS) is 15.5. The van der Waals surface area contributed by atoms with E-state index >= 15 is 0 Å². The lowest BCUT2D eigenvalue weighted by molar-refractivity contribution is -0.147. The first-order chi connectivity index (χ1) is 16.7. The summed E-state index contributed by atoms with van der Waals surface area (Å²) in [5, 5.41) is 18.3. The molecule has 5 N–H and O–H groups in total. The minimum atomic E-state index is -4.59. The average molecular weight is 520 g/mol. The average Bonchev–Trinajstić information content (AvgIpc) is 2.82. The van der Waals surface area contributed by atoms with Crippen LogP contribution in [0.5, 0.6) is 0 Å². The van der Waals surface area contributed by atoms with E-state index in [0.29, 0.717) is 6.42 Å². The Morgan fingerprint density at radius 3 is 2.11 bits per heavy atom. The third-order valence-electron chi connectivity index (χ3n) is 4.63. The number of carboxylic acid groups (broad SMARTS) is 1. The summed E-state index contributed by atoms with van der Waals surface area (Å²) in [5.41, 5.74) is 5.15. The number of aliphatic hydroxyl groups is 1. The molecule has 0 bridgehead atoms. The minimum Gasteiger partial charge on any atom is -0.480 e. The molecule has 0 aromatic rings. The molecule has 0 rings (SSSR count). The van der Waals surface area contributed by atoms with Gasteiger partial charge in [0.25, 0.3) is 0 Å². The van der Waals surface area contributed by atoms with E-state index in [1.54, 1.807) is 0 Å². The van der Waals surface area contributed by atoms with Crippen molar-refractivity contribution in [3.63, 3.8) is 0 Å². The Morgan fingerprint density at radius 2 is 1.46 bits per heavy atom. The number of aliphatic hydroxyl groups excluding tert-OH is 1. The molecule has 0 amide bonds. The van der Waals surface area contributed by atoms with E-state index in [2.05, 4.69) is 52.4 Å². The van der Waals surface area contributed by atoms with E-state index in [-0.39, 0.29) is 6.42 Å². The number of aliphatic carboxylic acids is 1. The molecular formula is C24H42NO9P. The molecule has 0 fully saturated rings. The maximum atomic E-state index is 11.7. The standard InChI is InChI=1S/C24H42NO9P/c1-2-3-4-5-6-7-8-9-10-11-12-13-14-15-16-17-23(27)32-18-21(26)19-33-35(30,31)34-20-22(25)24(28)29/h3-4,6-7,9-10,21-22,26H,2,5,8,11-20,25H2,1H3,(H,28,29)(H,30,31)/b4-3-,7-6-,10-9-. The van der Waals surface area contributed by atoms with Gasteiger partial charge in [-0.25, -0.2) is 4.57 Å². The summed E-state index contributed by atoms with van der Waals surface area (Å²) in [6.45, 7) is 0.353. The molecule has 0 aliphatic rings. The van der Waals surface area contributed by atoms with Gasteiger partial charge in [-0.05, 0) is 38.5 Å². The number of unbranched alkanes of at least 4 members (excludes halogenated alkanes) is 5. The lowest BCUT2D eigenvalue weighted by atomic mass is 10.1. The number of rotatable bonds is 22. The molecule has 202 valence electrons. The van der Waals surface area contributed by atoms with Crippen LogP contribution >= 0.6 is 7.82 Å². The van der Waals surface area contributed by atoms with Gasteiger partial charge in [0.2, 0.25) is 0 Å². The molecule has 0 aromatic heterocycles. The fourth-order valence-corrected chi connectivity index (χ4v) is 3.45. The first kappa shape index (κ1) is 33.2. The molecule has 3 atom stereocenters. The fraction of sp³-hybridized carbons (Fsp3) is 0.667. The monoisotopic (exact) mass is 519 g/mol. The summed E-state index contributed by atoms with van der Waals surface area (Å²) in [7, 11) is -4.59. The summed E-state index contributed by atoms with van der Waals surface area (Å²) in [5.74, 6) is -1.87. The number of allylic oxidation sites excluding steroid dienone is 6. The summed E-state index contributed by atoms with van der Waals surface area (Å²) < 4.78 is 25.5. The lowest BCUT2D eigenvalue weighted by Gasteiger charge is -2.16. The van der Waals surface area contributed by atoms with Crippen LogP contribution in [0.15, 0.2) is 36.5 Å². The zero-order chi connectivity index (χ0) is 26.4. The second kappa shape index (κ2) is 21.5. The van der Waals surface area contributed by atoms with Crippen molar-refractivity contribution < 1.29 is 43.0 Å². The topological polar surface area (TPSA) is 166 Å². The summed E-state index contributed by atoms with van der Waals surface area (Å²) >= 11 is 0. The van der Waals surface area contributed by atoms with Crippen LogP contribution in [0.4, 0.5) is 0 Å². The number of phosphoric ester groups is 1. The Bertz CT molecular complexity index is 709. The van der Waals surface area contributed by atoms with Gasteiger partial charge in [-0.15, -0.1) is 0 Å². The third-order valence-corrected chi connectivity index (χ3v) is 5.58. The van der Waals surface area contributed by atoms with Crippen molar-refractivity contribution in [3.05, 3.63) is 36.5 Å². The van der Waals surface area contributed by atoms with Gasteiger partial charge in [0.05, 0.1) is 13.2 Å². The number of phosphoric acid groups is 1. The largest absolute Gasteiger partial charge is 0.480 e. The van der Waals surface area contributed by atoms with Crippen LogP contribution in [0, 0.1) is 0 Å². The van der Waals surface area contributed by atoms with E-state index in [4.69, 9.17) is 15.6 Å². The molecular weight excluding hydrogens is 477 g/mol. The molecule has 0 saturated carbocycles. The Labute approximate surface area is 208 Å². The van der Waals surface area contributed by atoms with Crippen molar-refractivity contribution >= 4 is 19.8 Å². The highest BCUT2D eigenvalue weighted by atomic mass is 31.2. The number of ether oxygens (including phenoxy) is 1. The van der Waals surface area contributed by atoms with Crippen molar-refractivity contribution in [2.24, 2.45) is 5.73 Å². The first-order valence-electron chi connectivity index (χ1n) is 12.1. The number of carbonyl (C=O) groups excluding carboxylic acids is 1. The van der Waals surface area contributed by atoms with Crippen LogP contribution in [0.25, 0.3) is 0 Å². The highest BCUT2D eigenvalue weighted by molar-refractivity contribution is 7.47. The fourth-order valence-electron chi connectivity index (χ4n) is 2.66. The van der Waals surface area contributed by atoms with Crippen molar-refractivity contribution in [3.8, 4) is 0 Å². The number of hydrogen-bond donors (Lipinski definition) is 4. The van der Waals surface area contributed by atoms with Gasteiger partial charge in [0.1, 0.15) is 18.8 Å². The molecule has 0 radical (unpaired) electrons. The number of carbonyl (C=O) groups is 2. The van der Waals surface area contributed by atoms with Gasteiger partial charge in [0, 0.05) is 6.42 Å². The highest BCUT2D eigenvalue weighted by Gasteiger charge is 2.26. The number of hydrogen-bond acceptors (Lipinski definition) is 8. The Hall–Kier alpha value is -1.81. The van der Waals surface area contributed by atoms with E-state index in [1.165, 1.54) is 0 Å². The summed E-state index contributed by atoms with van der Waals surface area (Å²) in [6, 6.07) is -1.49. The van der Waals surface area contributed by atoms with Crippen LogP contribution in [0.2, 0.25) is 0 Å². The zero-order valence-corrected chi connectivity index (χ0v) is 21.5. The molecule has 0 aromatic carbocycles. The van der Waals surface area contributed by atoms with E-state index in [0.717, 1.165) is 51.4 Å². The highest BCUT2D eigenvalue weighted by Crippen LogP contribution is 2.43. The Kier molecular flexibility index (Phi) is 20.4.